The quantitative estimate of drug-likeness (QED) is 0.658. The first-order chi connectivity index (χ1) is 10.9. The summed E-state index contributed by atoms with van der Waals surface area (Å²) in [6, 6.07) is 10.4. The van der Waals surface area contributed by atoms with Crippen LogP contribution in [0.3, 0.4) is 0 Å². The molecule has 0 saturated heterocycles. The van der Waals surface area contributed by atoms with Gasteiger partial charge in [0.2, 0.25) is 0 Å². The van der Waals surface area contributed by atoms with Crippen LogP contribution >= 0.6 is 7.60 Å². The Bertz CT molecular complexity index is 616. The minimum absolute atomic E-state index is 0.0187. The van der Waals surface area contributed by atoms with Crippen LogP contribution in [0.2, 0.25) is 0 Å². The van der Waals surface area contributed by atoms with Crippen molar-refractivity contribution in [2.24, 2.45) is 5.92 Å². The third-order valence-corrected chi connectivity index (χ3v) is 5.31. The molecule has 124 valence electrons. The van der Waals surface area contributed by atoms with Gasteiger partial charge in [0.05, 0.1) is 31.3 Å². The maximum absolute atomic E-state index is 15.0. The van der Waals surface area contributed by atoms with Gasteiger partial charge in [-0.1, -0.05) is 30.3 Å². The van der Waals surface area contributed by atoms with E-state index < -0.39 is 25.1 Å². The molecule has 0 bridgehead atoms. The summed E-state index contributed by atoms with van der Waals surface area (Å²) >= 11 is 0. The van der Waals surface area contributed by atoms with Gasteiger partial charge in [0.1, 0.15) is 5.92 Å². The molecular weight excluding hydrogens is 325 g/mol. The zero-order chi connectivity index (χ0) is 17.5. The molecule has 1 rings (SSSR count). The summed E-state index contributed by atoms with van der Waals surface area (Å²) in [4.78, 5) is 0. The molecule has 0 spiro atoms. The van der Waals surface area contributed by atoms with Crippen LogP contribution in [0.5, 0.6) is 0 Å². The molecule has 0 fully saturated rings. The van der Waals surface area contributed by atoms with E-state index in [9.17, 15) is 4.57 Å². The lowest BCUT2D eigenvalue weighted by Gasteiger charge is -2.32. The lowest BCUT2D eigenvalue weighted by Crippen LogP contribution is -2.33. The zero-order valence-electron chi connectivity index (χ0n) is 12.8. The van der Waals surface area contributed by atoms with Crippen molar-refractivity contribution in [1.29, 1.82) is 10.5 Å². The van der Waals surface area contributed by atoms with Crippen LogP contribution in [0, 0.1) is 28.6 Å². The minimum Gasteiger partial charge on any atom is -0.305 e. The molecule has 23 heavy (non-hydrogen) atoms. The molecule has 8 heteroatoms. The van der Waals surface area contributed by atoms with Crippen LogP contribution < -0.4 is 0 Å². The fraction of sp³-hybridized carbons (Fsp3) is 0.467. The predicted molar refractivity (Wildman–Crippen MR) is 79.7 cm³/mol. The zero-order valence-corrected chi connectivity index (χ0v) is 13.7. The van der Waals surface area contributed by atoms with Crippen molar-refractivity contribution in [3.05, 3.63) is 35.9 Å². The van der Waals surface area contributed by atoms with E-state index in [0.29, 0.717) is 0 Å². The molecule has 1 aromatic rings. The molecule has 1 atom stereocenters. The second kappa shape index (κ2) is 8.17. The molecular formula is C15H17F2N2O3P. The molecule has 5 nitrogen and oxygen atoms in total. The fourth-order valence-corrected chi connectivity index (χ4v) is 3.89. The lowest BCUT2D eigenvalue weighted by atomic mass is 9.88. The molecule has 1 aromatic carbocycles. The lowest BCUT2D eigenvalue weighted by molar-refractivity contribution is 0.00892. The predicted octanol–water partition coefficient (Wildman–Crippen LogP) is 4.29. The Morgan fingerprint density at radius 1 is 1.13 bits per heavy atom. The second-order valence-electron chi connectivity index (χ2n) is 4.55. The molecule has 0 aliphatic carbocycles. The molecule has 0 unspecified atom stereocenters. The molecule has 0 saturated carbocycles. The largest absolute Gasteiger partial charge is 0.400 e. The van der Waals surface area contributed by atoms with E-state index in [4.69, 9.17) is 19.6 Å². The summed E-state index contributed by atoms with van der Waals surface area (Å²) < 4.78 is 52.1. The Labute approximate surface area is 134 Å². The number of nitrogens with zero attached hydrogens (tertiary/aromatic N) is 2. The van der Waals surface area contributed by atoms with Gasteiger partial charge in [-0.2, -0.15) is 19.3 Å². The number of benzene rings is 1. The average Bonchev–Trinajstić information content (AvgIpc) is 2.53. The van der Waals surface area contributed by atoms with Gasteiger partial charge in [-0.3, -0.25) is 4.57 Å². The van der Waals surface area contributed by atoms with E-state index in [2.05, 4.69) is 0 Å². The van der Waals surface area contributed by atoms with Crippen LogP contribution in [0.25, 0.3) is 0 Å². The van der Waals surface area contributed by atoms with Crippen LogP contribution in [0.15, 0.2) is 30.3 Å². The van der Waals surface area contributed by atoms with Gasteiger partial charge in [0.15, 0.2) is 0 Å². The van der Waals surface area contributed by atoms with Crippen molar-refractivity contribution in [1.82, 2.24) is 0 Å². The molecule has 0 aliphatic rings. The van der Waals surface area contributed by atoms with Crippen LogP contribution in [-0.4, -0.2) is 18.9 Å². The Morgan fingerprint density at radius 2 is 1.61 bits per heavy atom. The fourth-order valence-electron chi connectivity index (χ4n) is 2.15. The Kier molecular flexibility index (Phi) is 6.84. The normalized spacial score (nSPS) is 13.3. The second-order valence-corrected chi connectivity index (χ2v) is 6.65. The number of nitriles is 2. The van der Waals surface area contributed by atoms with Gasteiger partial charge >= 0.3 is 13.3 Å². The molecule has 0 radical (unpaired) electrons. The standard InChI is InChI=1S/C15H17F2N2O3P/c1-3-21-23(20,22-4-2)15(16,17)14(13(10-18)11-19)12-8-6-5-7-9-12/h5-9,13-14H,3-4H2,1-2H3/t14-/m0/s1. The van der Waals surface area contributed by atoms with E-state index >= 15 is 8.78 Å². The van der Waals surface area contributed by atoms with Crippen molar-refractivity contribution in [3.63, 3.8) is 0 Å². The smallest absolute Gasteiger partial charge is 0.305 e. The first kappa shape index (κ1) is 19.3. The number of rotatable bonds is 8. The number of hydrogen-bond donors (Lipinski definition) is 0. The summed E-state index contributed by atoms with van der Waals surface area (Å²) in [6.45, 7) is 2.31. The summed E-state index contributed by atoms with van der Waals surface area (Å²) in [7, 11) is -4.86. The van der Waals surface area contributed by atoms with E-state index in [1.807, 2.05) is 0 Å². The van der Waals surface area contributed by atoms with Gasteiger partial charge in [-0.25, -0.2) is 0 Å². The van der Waals surface area contributed by atoms with Gasteiger partial charge in [-0.15, -0.1) is 0 Å². The third-order valence-electron chi connectivity index (χ3n) is 3.11. The molecule has 0 aliphatic heterocycles. The highest BCUT2D eigenvalue weighted by Crippen LogP contribution is 2.67. The van der Waals surface area contributed by atoms with Crippen LogP contribution in [-0.2, 0) is 13.6 Å². The molecule has 0 aromatic heterocycles. The Hall–Kier alpha value is -1.79. The third kappa shape index (κ3) is 3.95. The number of hydrogen-bond acceptors (Lipinski definition) is 5. The monoisotopic (exact) mass is 342 g/mol. The first-order valence-corrected chi connectivity index (χ1v) is 8.53. The van der Waals surface area contributed by atoms with Gasteiger partial charge in [-0.05, 0) is 19.4 Å². The average molecular weight is 342 g/mol. The summed E-state index contributed by atoms with van der Waals surface area (Å²) in [6.07, 6.45) is 0. The number of halogens is 2. The summed E-state index contributed by atoms with van der Waals surface area (Å²) in [5.41, 5.74) is -4.01. The van der Waals surface area contributed by atoms with Crippen molar-refractivity contribution >= 4 is 7.60 Å². The van der Waals surface area contributed by atoms with Crippen molar-refractivity contribution in [3.8, 4) is 12.1 Å². The maximum Gasteiger partial charge on any atom is 0.400 e. The SMILES string of the molecule is CCOP(=O)(OCC)C(F)(F)[C@@H](c1ccccc1)C(C#N)C#N. The Balaban J connectivity index is 3.48. The minimum atomic E-state index is -4.86. The van der Waals surface area contributed by atoms with Crippen molar-refractivity contribution in [2.75, 3.05) is 13.2 Å². The molecule has 0 amide bonds. The summed E-state index contributed by atoms with van der Waals surface area (Å²) in [5, 5.41) is 18.1. The Morgan fingerprint density at radius 3 is 2.00 bits per heavy atom. The topological polar surface area (TPSA) is 83.1 Å². The first-order valence-electron chi connectivity index (χ1n) is 6.99. The van der Waals surface area contributed by atoms with Crippen molar-refractivity contribution < 1.29 is 22.4 Å². The van der Waals surface area contributed by atoms with Crippen LogP contribution in [0.4, 0.5) is 8.78 Å². The van der Waals surface area contributed by atoms with E-state index in [0.717, 1.165) is 0 Å². The molecule has 0 N–H and O–H groups in total. The van der Waals surface area contributed by atoms with Crippen molar-refractivity contribution in [2.45, 2.75) is 25.4 Å². The van der Waals surface area contributed by atoms with Gasteiger partial charge < -0.3 is 9.05 Å². The highest BCUT2D eigenvalue weighted by molar-refractivity contribution is 7.55. The highest BCUT2D eigenvalue weighted by Gasteiger charge is 2.61. The van der Waals surface area contributed by atoms with Gasteiger partial charge in [0, 0.05) is 0 Å². The van der Waals surface area contributed by atoms with E-state index in [-0.39, 0.29) is 18.8 Å². The maximum atomic E-state index is 15.0. The number of alkyl halides is 2. The van der Waals surface area contributed by atoms with E-state index in [1.165, 1.54) is 50.3 Å². The van der Waals surface area contributed by atoms with Gasteiger partial charge in [0.25, 0.3) is 0 Å². The summed E-state index contributed by atoms with van der Waals surface area (Å²) in [5.74, 6) is -3.63. The molecule has 0 heterocycles. The van der Waals surface area contributed by atoms with E-state index in [1.54, 1.807) is 6.07 Å². The van der Waals surface area contributed by atoms with Crippen LogP contribution in [0.1, 0.15) is 25.3 Å². The highest BCUT2D eigenvalue weighted by atomic mass is 31.2.